The predicted molar refractivity (Wildman–Crippen MR) is 119 cm³/mol. The Morgan fingerprint density at radius 2 is 1.88 bits per heavy atom. The first kappa shape index (κ1) is 21.0. The van der Waals surface area contributed by atoms with Gasteiger partial charge in [-0.25, -0.2) is 14.4 Å². The van der Waals surface area contributed by atoms with E-state index in [-0.39, 0.29) is 23.6 Å². The second kappa shape index (κ2) is 8.60. The third kappa shape index (κ3) is 4.00. The lowest BCUT2D eigenvalue weighted by atomic mass is 10.1. The van der Waals surface area contributed by atoms with Gasteiger partial charge in [-0.05, 0) is 50.3 Å². The van der Waals surface area contributed by atoms with E-state index in [1.165, 1.54) is 12.1 Å². The number of carbonyl (C=O) groups is 2. The molecule has 1 aliphatic carbocycles. The zero-order valence-electron chi connectivity index (χ0n) is 18.5. The number of aromatic nitrogens is 2. The van der Waals surface area contributed by atoms with Crippen LogP contribution < -0.4 is 4.90 Å². The van der Waals surface area contributed by atoms with E-state index in [1.54, 1.807) is 17.0 Å². The lowest BCUT2D eigenvalue weighted by Gasteiger charge is -2.21. The van der Waals surface area contributed by atoms with Gasteiger partial charge in [0.2, 0.25) is 11.8 Å². The molecule has 1 unspecified atom stereocenters. The van der Waals surface area contributed by atoms with E-state index in [1.807, 2.05) is 11.8 Å². The monoisotopic (exact) mass is 436 g/mol. The molecule has 168 valence electrons. The first-order chi connectivity index (χ1) is 15.5. The van der Waals surface area contributed by atoms with Crippen LogP contribution in [0, 0.1) is 18.7 Å². The van der Waals surface area contributed by atoms with Crippen molar-refractivity contribution in [3.63, 3.8) is 0 Å². The highest BCUT2D eigenvalue weighted by Gasteiger charge is 2.36. The van der Waals surface area contributed by atoms with E-state index < -0.39 is 0 Å². The van der Waals surface area contributed by atoms with Crippen molar-refractivity contribution in [2.24, 2.45) is 5.92 Å². The maximum atomic E-state index is 13.2. The Bertz CT molecular complexity index is 1030. The summed E-state index contributed by atoms with van der Waals surface area (Å²) in [5.74, 6) is 1.81. The fourth-order valence-electron chi connectivity index (χ4n) is 5.30. The zero-order valence-corrected chi connectivity index (χ0v) is 18.5. The zero-order chi connectivity index (χ0) is 22.2. The Morgan fingerprint density at radius 3 is 2.62 bits per heavy atom. The Morgan fingerprint density at radius 1 is 1.12 bits per heavy atom. The molecule has 5 rings (SSSR count). The average Bonchev–Trinajstić information content (AvgIpc) is 3.54. The van der Waals surface area contributed by atoms with Crippen LogP contribution in [0.5, 0.6) is 0 Å². The van der Waals surface area contributed by atoms with Crippen LogP contribution in [-0.4, -0.2) is 46.3 Å². The standard InChI is InChI=1S/C25H29FN4O2/c1-16-21-14-22(31)30(13-10-17-6-8-20(26)9-7-17)24(21)28-23(27-16)19-11-12-29(15-19)25(32)18-4-2-3-5-18/h6-9,18-19H,2-5,10-15H2,1H3. The van der Waals surface area contributed by atoms with E-state index in [2.05, 4.69) is 0 Å². The van der Waals surface area contributed by atoms with Gasteiger partial charge in [-0.1, -0.05) is 25.0 Å². The third-order valence-electron chi connectivity index (χ3n) is 7.20. The van der Waals surface area contributed by atoms with Crippen LogP contribution in [0.1, 0.15) is 60.7 Å². The molecule has 2 aliphatic heterocycles. The lowest BCUT2D eigenvalue weighted by Crippen LogP contribution is -2.33. The maximum absolute atomic E-state index is 13.2. The molecular weight excluding hydrogens is 407 g/mol. The number of hydrogen-bond donors (Lipinski definition) is 0. The van der Waals surface area contributed by atoms with Gasteiger partial charge in [0.25, 0.3) is 0 Å². The third-order valence-corrected chi connectivity index (χ3v) is 7.20. The molecule has 6 nitrogen and oxygen atoms in total. The minimum absolute atomic E-state index is 0.0288. The molecule has 1 aromatic heterocycles. The van der Waals surface area contributed by atoms with Crippen LogP contribution in [0.4, 0.5) is 10.2 Å². The van der Waals surface area contributed by atoms with Crippen LogP contribution in [0.15, 0.2) is 24.3 Å². The minimum Gasteiger partial charge on any atom is -0.342 e. The van der Waals surface area contributed by atoms with E-state index >= 15 is 0 Å². The van der Waals surface area contributed by atoms with E-state index in [0.717, 1.165) is 61.3 Å². The molecule has 7 heteroatoms. The fourth-order valence-corrected chi connectivity index (χ4v) is 5.30. The molecule has 3 heterocycles. The number of aryl methyl sites for hydroxylation is 1. The summed E-state index contributed by atoms with van der Waals surface area (Å²) in [6, 6.07) is 6.39. The van der Waals surface area contributed by atoms with Gasteiger partial charge >= 0.3 is 0 Å². The van der Waals surface area contributed by atoms with Crippen molar-refractivity contribution in [3.05, 3.63) is 52.7 Å². The molecule has 2 aromatic rings. The number of likely N-dealkylation sites (tertiary alicyclic amines) is 1. The van der Waals surface area contributed by atoms with Crippen molar-refractivity contribution < 1.29 is 14.0 Å². The molecule has 0 bridgehead atoms. The molecule has 0 N–H and O–H groups in total. The Labute approximate surface area is 187 Å². The summed E-state index contributed by atoms with van der Waals surface area (Å²) in [6.45, 7) is 3.87. The maximum Gasteiger partial charge on any atom is 0.232 e. The second-order valence-electron chi connectivity index (χ2n) is 9.32. The summed E-state index contributed by atoms with van der Waals surface area (Å²) in [7, 11) is 0. The number of fused-ring (bicyclic) bond motifs is 1. The van der Waals surface area contributed by atoms with Gasteiger partial charge in [0.1, 0.15) is 17.5 Å². The number of hydrogen-bond acceptors (Lipinski definition) is 4. The molecule has 32 heavy (non-hydrogen) atoms. The highest BCUT2D eigenvalue weighted by atomic mass is 19.1. The summed E-state index contributed by atoms with van der Waals surface area (Å²) in [6.07, 6.45) is 6.16. The first-order valence-corrected chi connectivity index (χ1v) is 11.7. The van der Waals surface area contributed by atoms with Crippen molar-refractivity contribution in [2.75, 3.05) is 24.5 Å². The number of amides is 2. The van der Waals surface area contributed by atoms with Crippen molar-refractivity contribution in [1.29, 1.82) is 0 Å². The average molecular weight is 437 g/mol. The van der Waals surface area contributed by atoms with E-state index in [4.69, 9.17) is 9.97 Å². The number of halogens is 1. The van der Waals surface area contributed by atoms with E-state index in [9.17, 15) is 14.0 Å². The summed E-state index contributed by atoms with van der Waals surface area (Å²) >= 11 is 0. The van der Waals surface area contributed by atoms with Crippen LogP contribution in [0.2, 0.25) is 0 Å². The fraction of sp³-hybridized carbons (Fsp3) is 0.520. The SMILES string of the molecule is Cc1nc(C2CCN(C(=O)C3CCCC3)C2)nc2c1CC(=O)N2CCc1ccc(F)cc1. The molecular formula is C25H29FN4O2. The Kier molecular flexibility index (Phi) is 5.66. The number of benzene rings is 1. The van der Waals surface area contributed by atoms with Gasteiger partial charge in [-0.2, -0.15) is 0 Å². The quantitative estimate of drug-likeness (QED) is 0.719. The molecule has 1 saturated carbocycles. The second-order valence-corrected chi connectivity index (χ2v) is 9.32. The molecule has 3 aliphatic rings. The van der Waals surface area contributed by atoms with Gasteiger partial charge < -0.3 is 4.90 Å². The highest BCUT2D eigenvalue weighted by molar-refractivity contribution is 6.00. The Balaban J connectivity index is 1.32. The Hall–Kier alpha value is -2.83. The lowest BCUT2D eigenvalue weighted by molar-refractivity contribution is -0.134. The smallest absolute Gasteiger partial charge is 0.232 e. The van der Waals surface area contributed by atoms with Crippen molar-refractivity contribution in [3.8, 4) is 0 Å². The van der Waals surface area contributed by atoms with Gasteiger partial charge in [0.15, 0.2) is 0 Å². The van der Waals surface area contributed by atoms with Crippen LogP contribution in [0.25, 0.3) is 0 Å². The largest absolute Gasteiger partial charge is 0.342 e. The van der Waals surface area contributed by atoms with Crippen molar-refractivity contribution in [2.45, 2.75) is 57.8 Å². The van der Waals surface area contributed by atoms with Crippen LogP contribution >= 0.6 is 0 Å². The number of carbonyl (C=O) groups excluding carboxylic acids is 2. The molecule has 0 radical (unpaired) electrons. The van der Waals surface area contributed by atoms with Gasteiger partial charge in [0, 0.05) is 42.7 Å². The summed E-state index contributed by atoms with van der Waals surface area (Å²) in [5, 5.41) is 0. The molecule has 0 spiro atoms. The van der Waals surface area contributed by atoms with Crippen molar-refractivity contribution >= 4 is 17.6 Å². The van der Waals surface area contributed by atoms with Gasteiger partial charge in [-0.15, -0.1) is 0 Å². The molecule has 1 aromatic carbocycles. The first-order valence-electron chi connectivity index (χ1n) is 11.7. The van der Waals surface area contributed by atoms with Crippen LogP contribution in [0.3, 0.4) is 0 Å². The molecule has 1 saturated heterocycles. The van der Waals surface area contributed by atoms with Gasteiger partial charge in [0.05, 0.1) is 6.42 Å². The predicted octanol–water partition coefficient (Wildman–Crippen LogP) is 3.56. The number of anilines is 1. The summed E-state index contributed by atoms with van der Waals surface area (Å²) in [5.41, 5.74) is 2.73. The van der Waals surface area contributed by atoms with Crippen molar-refractivity contribution in [1.82, 2.24) is 14.9 Å². The van der Waals surface area contributed by atoms with E-state index in [0.29, 0.717) is 37.7 Å². The molecule has 2 fully saturated rings. The van der Waals surface area contributed by atoms with Crippen LogP contribution in [-0.2, 0) is 22.4 Å². The van der Waals surface area contributed by atoms with Gasteiger partial charge in [-0.3, -0.25) is 14.5 Å². The topological polar surface area (TPSA) is 66.4 Å². The highest BCUT2D eigenvalue weighted by Crippen LogP contribution is 2.34. The summed E-state index contributed by atoms with van der Waals surface area (Å²) in [4.78, 5) is 38.9. The normalized spacial score (nSPS) is 20.9. The minimum atomic E-state index is -0.263. The molecule has 2 amide bonds. The number of nitrogens with zero attached hydrogens (tertiary/aromatic N) is 4. The summed E-state index contributed by atoms with van der Waals surface area (Å²) < 4.78 is 13.2. The number of rotatable bonds is 5. The molecule has 1 atom stereocenters.